The molecular weight excluding hydrogens is 468 g/mol. The fourth-order valence-corrected chi connectivity index (χ4v) is 5.04. The summed E-state index contributed by atoms with van der Waals surface area (Å²) in [4.78, 5) is 38.3. The molecule has 1 unspecified atom stereocenters. The maximum absolute atomic E-state index is 13.0. The van der Waals surface area contributed by atoms with Crippen LogP contribution < -0.4 is 10.6 Å². The number of aromatic nitrogens is 5. The molecule has 4 aromatic rings. The molecule has 0 saturated carbocycles. The Balaban J connectivity index is 1.43. The number of carbonyl (C=O) groups excluding carboxylic acids is 2. The number of imidazole rings is 1. The van der Waals surface area contributed by atoms with Gasteiger partial charge >= 0.3 is 0 Å². The molecule has 1 saturated heterocycles. The Labute approximate surface area is 215 Å². The Bertz CT molecular complexity index is 1440. The van der Waals surface area contributed by atoms with Gasteiger partial charge in [-0.1, -0.05) is 19.9 Å². The van der Waals surface area contributed by atoms with Crippen molar-refractivity contribution in [3.63, 3.8) is 0 Å². The SMILES string of the molecule is CCNCc1cncc(-c2ccc3[nH]nc(-c4ncc(C(=O)N5CCC(NC(C)=O)C5)[nH]4)c3c2)c1CC. The average molecular weight is 501 g/mol. The van der Waals surface area contributed by atoms with Crippen LogP contribution in [0.2, 0.25) is 0 Å². The van der Waals surface area contributed by atoms with E-state index in [1.807, 2.05) is 18.5 Å². The van der Waals surface area contributed by atoms with Gasteiger partial charge in [0.15, 0.2) is 5.82 Å². The molecule has 0 spiro atoms. The molecule has 3 aromatic heterocycles. The molecule has 10 heteroatoms. The Morgan fingerprint density at radius 2 is 2.05 bits per heavy atom. The van der Waals surface area contributed by atoms with Crippen LogP contribution in [0.3, 0.4) is 0 Å². The van der Waals surface area contributed by atoms with E-state index in [1.54, 1.807) is 11.1 Å². The minimum absolute atomic E-state index is 0.0173. The number of benzene rings is 1. The zero-order chi connectivity index (χ0) is 25.9. The fraction of sp³-hybridized carbons (Fsp3) is 0.370. The maximum Gasteiger partial charge on any atom is 0.272 e. The minimum atomic E-state index is -0.136. The summed E-state index contributed by atoms with van der Waals surface area (Å²) in [6, 6.07) is 6.17. The maximum atomic E-state index is 13.0. The van der Waals surface area contributed by atoms with Gasteiger partial charge in [0.05, 0.1) is 11.7 Å². The highest BCUT2D eigenvalue weighted by molar-refractivity contribution is 5.96. The molecule has 5 rings (SSSR count). The van der Waals surface area contributed by atoms with Crippen LogP contribution in [0.1, 0.15) is 48.8 Å². The number of likely N-dealkylation sites (tertiary alicyclic amines) is 1. The van der Waals surface area contributed by atoms with Crippen LogP contribution in [0.4, 0.5) is 0 Å². The monoisotopic (exact) mass is 500 g/mol. The number of fused-ring (bicyclic) bond motifs is 1. The summed E-state index contributed by atoms with van der Waals surface area (Å²) < 4.78 is 0. The van der Waals surface area contributed by atoms with E-state index in [9.17, 15) is 9.59 Å². The summed E-state index contributed by atoms with van der Waals surface area (Å²) >= 11 is 0. The molecule has 2 amide bonds. The second-order valence-corrected chi connectivity index (χ2v) is 9.37. The number of aromatic amines is 2. The lowest BCUT2D eigenvalue weighted by molar-refractivity contribution is -0.119. The molecule has 1 atom stereocenters. The lowest BCUT2D eigenvalue weighted by atomic mass is 9.95. The predicted molar refractivity (Wildman–Crippen MR) is 142 cm³/mol. The smallest absolute Gasteiger partial charge is 0.272 e. The van der Waals surface area contributed by atoms with Crippen molar-refractivity contribution in [2.45, 2.75) is 46.2 Å². The van der Waals surface area contributed by atoms with Crippen molar-refractivity contribution in [1.29, 1.82) is 0 Å². The van der Waals surface area contributed by atoms with E-state index in [0.29, 0.717) is 30.3 Å². The number of hydrogen-bond acceptors (Lipinski definition) is 6. The van der Waals surface area contributed by atoms with Crippen molar-refractivity contribution < 1.29 is 9.59 Å². The van der Waals surface area contributed by atoms with Gasteiger partial charge in [-0.2, -0.15) is 5.10 Å². The first-order valence-electron chi connectivity index (χ1n) is 12.7. The largest absolute Gasteiger partial charge is 0.352 e. The van der Waals surface area contributed by atoms with E-state index in [2.05, 4.69) is 61.8 Å². The Morgan fingerprint density at radius 3 is 2.84 bits per heavy atom. The fourth-order valence-electron chi connectivity index (χ4n) is 5.04. The van der Waals surface area contributed by atoms with E-state index in [-0.39, 0.29) is 17.9 Å². The number of carbonyl (C=O) groups is 2. The Morgan fingerprint density at radius 1 is 1.19 bits per heavy atom. The standard InChI is InChI=1S/C27H32N8O2/c1-4-20-18(11-28-5-2)12-29-13-22(20)17-6-7-23-21(10-17)25(34-33-23)26-30-14-24(32-26)27(37)35-9-8-19(15-35)31-16(3)36/h6-7,10,12-14,19,28H,4-5,8-9,11,15H2,1-3H3,(H,30,32)(H,31,36)(H,33,34). The molecule has 192 valence electrons. The third-order valence-electron chi connectivity index (χ3n) is 6.85. The highest BCUT2D eigenvalue weighted by atomic mass is 16.2. The molecule has 1 aromatic carbocycles. The van der Waals surface area contributed by atoms with Crippen molar-refractivity contribution in [3.05, 3.63) is 53.6 Å². The summed E-state index contributed by atoms with van der Waals surface area (Å²) in [6.45, 7) is 8.51. The first-order chi connectivity index (χ1) is 18.0. The zero-order valence-corrected chi connectivity index (χ0v) is 21.4. The van der Waals surface area contributed by atoms with Gasteiger partial charge in [-0.3, -0.25) is 19.7 Å². The molecular formula is C27H32N8O2. The van der Waals surface area contributed by atoms with E-state index in [0.717, 1.165) is 48.0 Å². The topological polar surface area (TPSA) is 132 Å². The number of rotatable bonds is 8. The average Bonchev–Trinajstić information content (AvgIpc) is 3.65. The summed E-state index contributed by atoms with van der Waals surface area (Å²) in [5.74, 6) is 0.307. The molecule has 1 aliphatic heterocycles. The first kappa shape index (κ1) is 24.6. The summed E-state index contributed by atoms with van der Waals surface area (Å²) in [6.07, 6.45) is 7.05. The minimum Gasteiger partial charge on any atom is -0.352 e. The van der Waals surface area contributed by atoms with E-state index >= 15 is 0 Å². The normalized spacial score (nSPS) is 15.4. The number of hydrogen-bond donors (Lipinski definition) is 4. The number of nitrogens with zero attached hydrogens (tertiary/aromatic N) is 4. The molecule has 0 aliphatic carbocycles. The molecule has 4 N–H and O–H groups in total. The van der Waals surface area contributed by atoms with Gasteiger partial charge in [0.2, 0.25) is 5.91 Å². The van der Waals surface area contributed by atoms with Crippen LogP contribution >= 0.6 is 0 Å². The third kappa shape index (κ3) is 4.97. The van der Waals surface area contributed by atoms with Crippen LogP contribution in [0.5, 0.6) is 0 Å². The Hall–Kier alpha value is -4.05. The van der Waals surface area contributed by atoms with E-state index in [4.69, 9.17) is 0 Å². The highest BCUT2D eigenvalue weighted by Gasteiger charge is 2.28. The van der Waals surface area contributed by atoms with Crippen molar-refractivity contribution in [3.8, 4) is 22.6 Å². The van der Waals surface area contributed by atoms with Gasteiger partial charge in [0.1, 0.15) is 11.4 Å². The first-order valence-corrected chi connectivity index (χ1v) is 12.7. The number of nitrogens with one attached hydrogen (secondary N) is 4. The molecule has 1 fully saturated rings. The predicted octanol–water partition coefficient (Wildman–Crippen LogP) is 3.04. The molecule has 0 radical (unpaired) electrons. The number of amides is 2. The number of pyridine rings is 1. The summed E-state index contributed by atoms with van der Waals surface area (Å²) in [5, 5.41) is 14.8. The van der Waals surface area contributed by atoms with Crippen LogP contribution in [0.25, 0.3) is 33.5 Å². The van der Waals surface area contributed by atoms with Crippen molar-refractivity contribution in [2.75, 3.05) is 19.6 Å². The lowest BCUT2D eigenvalue weighted by Crippen LogP contribution is -2.37. The van der Waals surface area contributed by atoms with Gasteiger partial charge < -0.3 is 20.5 Å². The molecule has 1 aliphatic rings. The Kier molecular flexibility index (Phi) is 7.00. The summed E-state index contributed by atoms with van der Waals surface area (Å²) in [5.41, 5.74) is 6.57. The van der Waals surface area contributed by atoms with Crippen LogP contribution in [-0.2, 0) is 17.8 Å². The van der Waals surface area contributed by atoms with Gasteiger partial charge in [-0.05, 0) is 48.2 Å². The molecule has 0 bridgehead atoms. The van der Waals surface area contributed by atoms with Gasteiger partial charge in [-0.25, -0.2) is 4.98 Å². The quantitative estimate of drug-likeness (QED) is 0.294. The van der Waals surface area contributed by atoms with Gasteiger partial charge in [0.25, 0.3) is 5.91 Å². The van der Waals surface area contributed by atoms with Crippen molar-refractivity contribution in [1.82, 2.24) is 40.7 Å². The van der Waals surface area contributed by atoms with Crippen molar-refractivity contribution >= 4 is 22.7 Å². The second kappa shape index (κ2) is 10.5. The lowest BCUT2D eigenvalue weighted by Gasteiger charge is -2.15. The highest BCUT2D eigenvalue weighted by Crippen LogP contribution is 2.32. The third-order valence-corrected chi connectivity index (χ3v) is 6.85. The van der Waals surface area contributed by atoms with Gasteiger partial charge in [0, 0.05) is 55.9 Å². The molecule has 37 heavy (non-hydrogen) atoms. The van der Waals surface area contributed by atoms with Crippen LogP contribution in [-0.4, -0.2) is 67.5 Å². The van der Waals surface area contributed by atoms with Crippen LogP contribution in [0, 0.1) is 0 Å². The molecule has 4 heterocycles. The summed E-state index contributed by atoms with van der Waals surface area (Å²) in [7, 11) is 0. The number of H-pyrrole nitrogens is 2. The zero-order valence-electron chi connectivity index (χ0n) is 21.4. The second-order valence-electron chi connectivity index (χ2n) is 9.37. The van der Waals surface area contributed by atoms with E-state index < -0.39 is 0 Å². The molecule has 10 nitrogen and oxygen atoms in total. The van der Waals surface area contributed by atoms with Crippen molar-refractivity contribution in [2.24, 2.45) is 0 Å². The van der Waals surface area contributed by atoms with Crippen LogP contribution in [0.15, 0.2) is 36.8 Å². The van der Waals surface area contributed by atoms with E-state index in [1.165, 1.54) is 18.1 Å². The van der Waals surface area contributed by atoms with Gasteiger partial charge in [-0.15, -0.1) is 0 Å².